The van der Waals surface area contributed by atoms with Crippen molar-refractivity contribution in [1.29, 1.82) is 0 Å². The Morgan fingerprint density at radius 2 is 1.72 bits per heavy atom. The predicted octanol–water partition coefficient (Wildman–Crippen LogP) is 7.27. The van der Waals surface area contributed by atoms with Crippen molar-refractivity contribution in [3.8, 4) is 5.75 Å². The third-order valence-corrected chi connectivity index (χ3v) is 10.8. The lowest BCUT2D eigenvalue weighted by molar-refractivity contribution is 0.0123. The van der Waals surface area contributed by atoms with Gasteiger partial charge in [-0.25, -0.2) is 0 Å². The number of aryl methyl sites for hydroxylation is 1. The first-order chi connectivity index (χ1) is 13.5. The Balaban J connectivity index is 2.26. The molecule has 2 aromatic rings. The summed E-state index contributed by atoms with van der Waals surface area (Å²) in [5.41, 5.74) is 1.24. The van der Waals surface area contributed by atoms with Crippen molar-refractivity contribution in [2.75, 3.05) is 0 Å². The van der Waals surface area contributed by atoms with Gasteiger partial charge in [0.2, 0.25) is 0 Å². The molecule has 0 spiro atoms. The number of ether oxygens (including phenoxy) is 1. The lowest BCUT2D eigenvalue weighted by Gasteiger charge is -2.42. The summed E-state index contributed by atoms with van der Waals surface area (Å²) < 4.78 is 14.5. The Hall–Kier alpha value is -1.17. The smallest absolute Gasteiger partial charge is 0.192 e. The Labute approximate surface area is 186 Å². The fourth-order valence-corrected chi connectivity index (χ4v) is 4.64. The number of pyridine rings is 1. The van der Waals surface area contributed by atoms with Gasteiger partial charge in [-0.3, -0.25) is 4.98 Å². The van der Waals surface area contributed by atoms with E-state index in [2.05, 4.69) is 74.7 Å². The van der Waals surface area contributed by atoms with E-state index in [-0.39, 0.29) is 17.2 Å². The summed E-state index contributed by atoms with van der Waals surface area (Å²) in [6, 6.07) is 12.2. The largest absolute Gasteiger partial charge is 0.488 e. The average Bonchev–Trinajstić information content (AvgIpc) is 2.64. The number of nitrogens with zero attached hydrogens (tertiary/aromatic N) is 1. The standard InChI is InChI=1S/C24H36BrNO2Si/c1-18(2)23(27-21-13-11-20(25)12-14-21)22(28-29(6,7)24(3,4)5)15-10-19-9-8-16-26-17-19/h8-9,11-14,16-18,22-23H,10,15H2,1-7H3. The monoisotopic (exact) mass is 477 g/mol. The normalized spacial score (nSPS) is 14.7. The van der Waals surface area contributed by atoms with Crippen molar-refractivity contribution in [1.82, 2.24) is 4.98 Å². The average molecular weight is 479 g/mol. The Morgan fingerprint density at radius 1 is 1.07 bits per heavy atom. The summed E-state index contributed by atoms with van der Waals surface area (Å²) in [6.07, 6.45) is 5.63. The number of benzene rings is 1. The highest BCUT2D eigenvalue weighted by molar-refractivity contribution is 9.10. The van der Waals surface area contributed by atoms with Gasteiger partial charge in [0.25, 0.3) is 0 Å². The van der Waals surface area contributed by atoms with Gasteiger partial charge in [0, 0.05) is 16.9 Å². The molecular formula is C24H36BrNO2Si. The molecule has 1 aromatic carbocycles. The van der Waals surface area contributed by atoms with Crippen molar-refractivity contribution in [3.63, 3.8) is 0 Å². The summed E-state index contributed by atoms with van der Waals surface area (Å²) in [4.78, 5) is 4.26. The fraction of sp³-hybridized carbons (Fsp3) is 0.542. The molecule has 2 atom stereocenters. The van der Waals surface area contributed by atoms with Crippen molar-refractivity contribution < 1.29 is 9.16 Å². The van der Waals surface area contributed by atoms with Crippen LogP contribution in [0.25, 0.3) is 0 Å². The topological polar surface area (TPSA) is 31.4 Å². The molecule has 160 valence electrons. The summed E-state index contributed by atoms with van der Waals surface area (Å²) in [5.74, 6) is 1.22. The fourth-order valence-electron chi connectivity index (χ4n) is 3.01. The van der Waals surface area contributed by atoms with E-state index in [9.17, 15) is 0 Å². The zero-order valence-corrected chi connectivity index (χ0v) is 21.5. The molecule has 0 fully saturated rings. The molecule has 0 bridgehead atoms. The summed E-state index contributed by atoms with van der Waals surface area (Å²) in [7, 11) is -1.94. The molecule has 0 aliphatic rings. The number of rotatable bonds is 9. The lowest BCUT2D eigenvalue weighted by Crippen LogP contribution is -2.49. The lowest BCUT2D eigenvalue weighted by atomic mass is 9.96. The summed E-state index contributed by atoms with van der Waals surface area (Å²) in [6.45, 7) is 15.9. The highest BCUT2D eigenvalue weighted by atomic mass is 79.9. The Bertz CT molecular complexity index is 742. The first-order valence-corrected chi connectivity index (χ1v) is 14.2. The van der Waals surface area contributed by atoms with E-state index < -0.39 is 8.32 Å². The molecule has 29 heavy (non-hydrogen) atoms. The predicted molar refractivity (Wildman–Crippen MR) is 128 cm³/mol. The second-order valence-corrected chi connectivity index (χ2v) is 15.3. The molecule has 1 heterocycles. The van der Waals surface area contributed by atoms with Crippen LogP contribution in [0, 0.1) is 5.92 Å². The highest BCUT2D eigenvalue weighted by Gasteiger charge is 2.41. The van der Waals surface area contributed by atoms with Crippen LogP contribution >= 0.6 is 15.9 Å². The minimum absolute atomic E-state index is 0.0121. The van der Waals surface area contributed by atoms with Gasteiger partial charge in [0.15, 0.2) is 8.32 Å². The van der Waals surface area contributed by atoms with Gasteiger partial charge < -0.3 is 9.16 Å². The van der Waals surface area contributed by atoms with E-state index in [4.69, 9.17) is 9.16 Å². The minimum Gasteiger partial charge on any atom is -0.488 e. The van der Waals surface area contributed by atoms with Gasteiger partial charge in [0.1, 0.15) is 11.9 Å². The maximum atomic E-state index is 6.93. The van der Waals surface area contributed by atoms with Gasteiger partial charge in [-0.2, -0.15) is 0 Å². The first kappa shape index (κ1) is 24.1. The van der Waals surface area contributed by atoms with Crippen LogP contribution in [0.5, 0.6) is 5.75 Å². The quantitative estimate of drug-likeness (QED) is 0.355. The second-order valence-electron chi connectivity index (χ2n) is 9.60. The molecule has 0 radical (unpaired) electrons. The van der Waals surface area contributed by atoms with Gasteiger partial charge in [-0.1, -0.05) is 56.6 Å². The number of halogens is 1. The van der Waals surface area contributed by atoms with Crippen LogP contribution in [0.2, 0.25) is 18.1 Å². The zero-order chi connectivity index (χ0) is 21.7. The molecular weight excluding hydrogens is 442 g/mol. The SMILES string of the molecule is CC(C)C(Oc1ccc(Br)cc1)C(CCc1cccnc1)O[Si](C)(C)C(C)(C)C. The van der Waals surface area contributed by atoms with E-state index >= 15 is 0 Å². The van der Waals surface area contributed by atoms with E-state index in [1.807, 2.05) is 42.7 Å². The van der Waals surface area contributed by atoms with E-state index in [1.54, 1.807) is 0 Å². The molecule has 0 amide bonds. The van der Waals surface area contributed by atoms with Crippen molar-refractivity contribution in [2.45, 2.75) is 77.8 Å². The molecule has 0 aliphatic heterocycles. The maximum Gasteiger partial charge on any atom is 0.192 e. The molecule has 5 heteroatoms. The second kappa shape index (κ2) is 10.2. The minimum atomic E-state index is -1.94. The van der Waals surface area contributed by atoms with Crippen LogP contribution in [0.3, 0.4) is 0 Å². The molecule has 0 aliphatic carbocycles. The van der Waals surface area contributed by atoms with Crippen LogP contribution < -0.4 is 4.74 Å². The van der Waals surface area contributed by atoms with Gasteiger partial charge in [-0.15, -0.1) is 0 Å². The molecule has 3 nitrogen and oxygen atoms in total. The number of aromatic nitrogens is 1. The summed E-state index contributed by atoms with van der Waals surface area (Å²) >= 11 is 3.50. The van der Waals surface area contributed by atoms with E-state index in [0.29, 0.717) is 5.92 Å². The van der Waals surface area contributed by atoms with Crippen LogP contribution in [0.15, 0.2) is 53.3 Å². The van der Waals surface area contributed by atoms with Crippen LogP contribution in [0.4, 0.5) is 0 Å². The molecule has 0 saturated carbocycles. The van der Waals surface area contributed by atoms with E-state index in [0.717, 1.165) is 23.1 Å². The van der Waals surface area contributed by atoms with Gasteiger partial charge >= 0.3 is 0 Å². The Kier molecular flexibility index (Phi) is 8.50. The van der Waals surface area contributed by atoms with Crippen molar-refractivity contribution >= 4 is 24.2 Å². The highest BCUT2D eigenvalue weighted by Crippen LogP contribution is 2.39. The molecule has 0 saturated heterocycles. The van der Waals surface area contributed by atoms with Gasteiger partial charge in [-0.05, 0) is 72.8 Å². The first-order valence-electron chi connectivity index (χ1n) is 10.5. The van der Waals surface area contributed by atoms with Crippen LogP contribution in [-0.2, 0) is 10.8 Å². The Morgan fingerprint density at radius 3 is 2.24 bits per heavy atom. The maximum absolute atomic E-state index is 6.93. The molecule has 2 rings (SSSR count). The number of hydrogen-bond donors (Lipinski definition) is 0. The zero-order valence-electron chi connectivity index (χ0n) is 18.9. The third-order valence-electron chi connectivity index (χ3n) is 5.80. The molecule has 1 aromatic heterocycles. The third kappa shape index (κ3) is 7.23. The number of hydrogen-bond acceptors (Lipinski definition) is 3. The summed E-state index contributed by atoms with van der Waals surface area (Å²) in [5, 5.41) is 0.151. The molecule has 0 N–H and O–H groups in total. The molecule has 2 unspecified atom stereocenters. The van der Waals surface area contributed by atoms with Crippen LogP contribution in [0.1, 0.15) is 46.6 Å². The van der Waals surface area contributed by atoms with E-state index in [1.165, 1.54) is 5.56 Å². The van der Waals surface area contributed by atoms with Crippen molar-refractivity contribution in [2.24, 2.45) is 5.92 Å². The van der Waals surface area contributed by atoms with Gasteiger partial charge in [0.05, 0.1) is 6.10 Å². The van der Waals surface area contributed by atoms with Crippen molar-refractivity contribution in [3.05, 3.63) is 58.8 Å². The van der Waals surface area contributed by atoms with Crippen LogP contribution in [-0.4, -0.2) is 25.5 Å².